The first-order chi connectivity index (χ1) is 8.72. The van der Waals surface area contributed by atoms with Crippen LogP contribution in [0.15, 0.2) is 30.6 Å². The Hall–Kier alpha value is -1.39. The minimum absolute atomic E-state index is 0.0700. The van der Waals surface area contributed by atoms with Crippen molar-refractivity contribution in [3.05, 3.63) is 52.8 Å². The zero-order valence-electron chi connectivity index (χ0n) is 10.1. The Labute approximate surface area is 110 Å². The maximum Gasteiger partial charge on any atom is 0.127 e. The highest BCUT2D eigenvalue weighted by molar-refractivity contribution is 6.31. The molecular weight excluding hydrogens is 253 g/mol. The van der Waals surface area contributed by atoms with E-state index in [0.717, 1.165) is 12.4 Å². The highest BCUT2D eigenvalue weighted by atomic mass is 35.5. The Morgan fingerprint density at radius 2 is 2.33 bits per heavy atom. The van der Waals surface area contributed by atoms with E-state index in [9.17, 15) is 4.39 Å². The van der Waals surface area contributed by atoms with Crippen LogP contribution in [-0.4, -0.2) is 16.5 Å². The van der Waals surface area contributed by atoms with Crippen molar-refractivity contribution in [2.24, 2.45) is 0 Å². The highest BCUT2D eigenvalue weighted by Crippen LogP contribution is 2.24. The fraction of sp³-hybridized carbons (Fsp3) is 0.308. The summed E-state index contributed by atoms with van der Waals surface area (Å²) in [4.78, 5) is 7.25. The van der Waals surface area contributed by atoms with Crippen LogP contribution in [0.1, 0.15) is 24.4 Å². The lowest BCUT2D eigenvalue weighted by atomic mass is 10.0. The molecule has 0 aliphatic rings. The number of nitrogens with one attached hydrogen (secondary N) is 2. The molecule has 5 heteroatoms. The van der Waals surface area contributed by atoms with Crippen molar-refractivity contribution < 1.29 is 4.39 Å². The van der Waals surface area contributed by atoms with Crippen LogP contribution >= 0.6 is 11.6 Å². The van der Waals surface area contributed by atoms with Gasteiger partial charge in [-0.1, -0.05) is 24.6 Å². The second kappa shape index (κ2) is 5.98. The molecule has 96 valence electrons. The van der Waals surface area contributed by atoms with Crippen LogP contribution in [0.5, 0.6) is 0 Å². The minimum Gasteiger partial charge on any atom is -0.347 e. The monoisotopic (exact) mass is 267 g/mol. The van der Waals surface area contributed by atoms with Gasteiger partial charge in [0.25, 0.3) is 0 Å². The molecule has 1 atom stereocenters. The number of aromatic amines is 1. The van der Waals surface area contributed by atoms with Crippen molar-refractivity contribution in [1.29, 1.82) is 0 Å². The lowest BCUT2D eigenvalue weighted by molar-refractivity contribution is 0.509. The zero-order valence-corrected chi connectivity index (χ0v) is 10.8. The average Bonchev–Trinajstić information content (AvgIpc) is 2.86. The van der Waals surface area contributed by atoms with E-state index in [1.54, 1.807) is 24.5 Å². The summed E-state index contributed by atoms with van der Waals surface area (Å²) < 4.78 is 13.7. The predicted octanol–water partition coefficient (Wildman–Crippen LogP) is 3.10. The number of likely N-dealkylation sites (N-methyl/N-ethyl adjacent to an activating group) is 1. The third-order valence-electron chi connectivity index (χ3n) is 2.77. The van der Waals surface area contributed by atoms with Gasteiger partial charge in [-0.05, 0) is 25.1 Å². The Morgan fingerprint density at radius 3 is 2.94 bits per heavy atom. The van der Waals surface area contributed by atoms with Gasteiger partial charge in [0.05, 0.1) is 6.04 Å². The molecule has 2 rings (SSSR count). The molecule has 3 nitrogen and oxygen atoms in total. The summed E-state index contributed by atoms with van der Waals surface area (Å²) in [6, 6.07) is 4.66. The minimum atomic E-state index is -0.281. The normalized spacial score (nSPS) is 12.6. The molecule has 0 radical (unpaired) electrons. The predicted molar refractivity (Wildman–Crippen MR) is 70.1 cm³/mol. The van der Waals surface area contributed by atoms with E-state index in [0.29, 0.717) is 17.0 Å². The van der Waals surface area contributed by atoms with Crippen molar-refractivity contribution in [3.63, 3.8) is 0 Å². The first-order valence-electron chi connectivity index (χ1n) is 5.88. The second-order valence-corrected chi connectivity index (χ2v) is 4.40. The largest absolute Gasteiger partial charge is 0.347 e. The van der Waals surface area contributed by atoms with Crippen molar-refractivity contribution in [1.82, 2.24) is 15.3 Å². The highest BCUT2D eigenvalue weighted by Gasteiger charge is 2.17. The van der Waals surface area contributed by atoms with Gasteiger partial charge in [-0.2, -0.15) is 0 Å². The summed E-state index contributed by atoms with van der Waals surface area (Å²) in [6.07, 6.45) is 3.90. The topological polar surface area (TPSA) is 40.7 Å². The van der Waals surface area contributed by atoms with E-state index in [1.165, 1.54) is 6.07 Å². The van der Waals surface area contributed by atoms with Crippen LogP contribution in [0.4, 0.5) is 4.39 Å². The molecule has 0 aliphatic heterocycles. The SMILES string of the molecule is CCNC(Cc1c(F)cccc1Cl)c1ncc[nH]1. The molecule has 2 N–H and O–H groups in total. The molecule has 0 saturated carbocycles. The number of aromatic nitrogens is 2. The van der Waals surface area contributed by atoms with Gasteiger partial charge in [0, 0.05) is 23.0 Å². The van der Waals surface area contributed by atoms with Gasteiger partial charge in [-0.15, -0.1) is 0 Å². The molecule has 1 aromatic heterocycles. The van der Waals surface area contributed by atoms with Crippen molar-refractivity contribution in [2.75, 3.05) is 6.54 Å². The van der Waals surface area contributed by atoms with E-state index < -0.39 is 0 Å². The standard InChI is InChI=1S/C13H15ClFN3/c1-2-16-12(13-17-6-7-18-13)8-9-10(14)4-3-5-11(9)15/h3-7,12,16H,2,8H2,1H3,(H,17,18). The summed E-state index contributed by atoms with van der Waals surface area (Å²) in [5.41, 5.74) is 0.515. The number of imidazole rings is 1. The first kappa shape index (κ1) is 13.1. The van der Waals surface area contributed by atoms with E-state index in [4.69, 9.17) is 11.6 Å². The van der Waals surface area contributed by atoms with Crippen LogP contribution in [-0.2, 0) is 6.42 Å². The summed E-state index contributed by atoms with van der Waals surface area (Å²) in [5.74, 6) is 0.508. The Bertz CT molecular complexity index is 479. The lowest BCUT2D eigenvalue weighted by Gasteiger charge is -2.16. The van der Waals surface area contributed by atoms with E-state index in [-0.39, 0.29) is 11.9 Å². The fourth-order valence-electron chi connectivity index (χ4n) is 1.91. The number of rotatable bonds is 5. The first-order valence-corrected chi connectivity index (χ1v) is 6.25. The molecule has 0 aliphatic carbocycles. The van der Waals surface area contributed by atoms with Gasteiger partial charge in [0.15, 0.2) is 0 Å². The smallest absolute Gasteiger partial charge is 0.127 e. The maximum atomic E-state index is 13.7. The number of H-pyrrole nitrogens is 1. The molecule has 1 unspecified atom stereocenters. The molecule has 0 saturated heterocycles. The Kier molecular flexibility index (Phi) is 4.33. The van der Waals surface area contributed by atoms with Gasteiger partial charge in [0.1, 0.15) is 11.6 Å². The van der Waals surface area contributed by atoms with E-state index in [2.05, 4.69) is 15.3 Å². The molecule has 0 fully saturated rings. The molecule has 1 aromatic carbocycles. The number of nitrogens with zero attached hydrogens (tertiary/aromatic N) is 1. The van der Waals surface area contributed by atoms with Crippen LogP contribution in [0.2, 0.25) is 5.02 Å². The quantitative estimate of drug-likeness (QED) is 0.874. The average molecular weight is 268 g/mol. The third kappa shape index (κ3) is 2.89. The van der Waals surface area contributed by atoms with Crippen LogP contribution in [0.3, 0.4) is 0 Å². The summed E-state index contributed by atoms with van der Waals surface area (Å²) in [7, 11) is 0. The third-order valence-corrected chi connectivity index (χ3v) is 3.12. The van der Waals surface area contributed by atoms with Gasteiger partial charge < -0.3 is 10.3 Å². The van der Waals surface area contributed by atoms with Gasteiger partial charge in [-0.3, -0.25) is 0 Å². The number of hydrogen-bond donors (Lipinski definition) is 2. The van der Waals surface area contributed by atoms with E-state index >= 15 is 0 Å². The molecule has 0 spiro atoms. The van der Waals surface area contributed by atoms with Crippen molar-refractivity contribution in [2.45, 2.75) is 19.4 Å². The fourth-order valence-corrected chi connectivity index (χ4v) is 2.15. The summed E-state index contributed by atoms with van der Waals surface area (Å²) in [5, 5.41) is 3.72. The molecule has 0 bridgehead atoms. The van der Waals surface area contributed by atoms with Crippen LogP contribution in [0.25, 0.3) is 0 Å². The van der Waals surface area contributed by atoms with Crippen molar-refractivity contribution in [3.8, 4) is 0 Å². The number of halogens is 2. The molecule has 1 heterocycles. The maximum absolute atomic E-state index is 13.7. The van der Waals surface area contributed by atoms with Gasteiger partial charge in [-0.25, -0.2) is 9.37 Å². The van der Waals surface area contributed by atoms with Gasteiger partial charge in [0.2, 0.25) is 0 Å². The second-order valence-electron chi connectivity index (χ2n) is 3.99. The number of hydrogen-bond acceptors (Lipinski definition) is 2. The van der Waals surface area contributed by atoms with Crippen molar-refractivity contribution >= 4 is 11.6 Å². The zero-order chi connectivity index (χ0) is 13.0. The molecule has 18 heavy (non-hydrogen) atoms. The Balaban J connectivity index is 2.24. The van der Waals surface area contributed by atoms with E-state index in [1.807, 2.05) is 6.92 Å². The number of benzene rings is 1. The van der Waals surface area contributed by atoms with Gasteiger partial charge >= 0.3 is 0 Å². The molecular formula is C13H15ClFN3. The summed E-state index contributed by atoms with van der Waals surface area (Å²) >= 11 is 6.04. The molecule has 0 amide bonds. The van der Waals surface area contributed by atoms with Crippen LogP contribution < -0.4 is 5.32 Å². The summed E-state index contributed by atoms with van der Waals surface area (Å²) in [6.45, 7) is 2.77. The van der Waals surface area contributed by atoms with Crippen LogP contribution in [0, 0.1) is 5.82 Å². The molecule has 2 aromatic rings. The Morgan fingerprint density at radius 1 is 1.50 bits per heavy atom. The lowest BCUT2D eigenvalue weighted by Crippen LogP contribution is -2.24.